The van der Waals surface area contributed by atoms with Gasteiger partial charge in [-0.3, -0.25) is 0 Å². The summed E-state index contributed by atoms with van der Waals surface area (Å²) in [5, 5.41) is 25.4. The van der Waals surface area contributed by atoms with E-state index in [1.807, 2.05) is 43.3 Å². The van der Waals surface area contributed by atoms with E-state index in [-0.39, 0.29) is 5.97 Å². The van der Waals surface area contributed by atoms with E-state index in [1.54, 1.807) is 60.7 Å². The molecule has 0 unspecified atom stereocenters. The second-order valence-corrected chi connectivity index (χ2v) is 8.26. The van der Waals surface area contributed by atoms with Crippen LogP contribution in [0.3, 0.4) is 0 Å². The van der Waals surface area contributed by atoms with Crippen LogP contribution in [0.2, 0.25) is 0 Å². The Labute approximate surface area is 220 Å². The average Bonchev–Trinajstić information content (AvgIpc) is 2.96. The summed E-state index contributed by atoms with van der Waals surface area (Å²) in [6.45, 7) is 2.48. The van der Waals surface area contributed by atoms with Gasteiger partial charge in [0.25, 0.3) is 0 Å². The first-order chi connectivity index (χ1) is 18.6. The number of carbonyl (C=O) groups is 1. The van der Waals surface area contributed by atoms with E-state index in [0.717, 1.165) is 18.5 Å². The quantitative estimate of drug-likeness (QED) is 0.0997. The van der Waals surface area contributed by atoms with E-state index < -0.39 is 0 Å². The Kier molecular flexibility index (Phi) is 9.12. The standard InChI is InChI=1S/C29H27N7O2/c1-2-3-20-38-29(37)21-4-8-23(9-5-21)31-33-25-12-16-27(17-13-25)35-36-28-18-14-26(15-19-28)34-32-24-10-6-22(30)7-11-24/h4-19H,2-3,20,30H2,1H3. The van der Waals surface area contributed by atoms with Gasteiger partial charge in [0.2, 0.25) is 0 Å². The SMILES string of the molecule is CCCCOC(=O)c1ccc(N=Nc2ccc(N=Nc3ccc(N=Nc4ccc(N)cc4)cc3)cc2)cc1. The third-order valence-corrected chi connectivity index (χ3v) is 5.27. The van der Waals surface area contributed by atoms with Crippen molar-refractivity contribution in [1.29, 1.82) is 0 Å². The molecule has 0 saturated carbocycles. The summed E-state index contributed by atoms with van der Waals surface area (Å²) in [5.41, 5.74) is 11.0. The van der Waals surface area contributed by atoms with Crippen LogP contribution < -0.4 is 5.73 Å². The van der Waals surface area contributed by atoms with Crippen molar-refractivity contribution in [3.63, 3.8) is 0 Å². The molecular formula is C29H27N7O2. The first-order valence-corrected chi connectivity index (χ1v) is 12.2. The number of anilines is 1. The van der Waals surface area contributed by atoms with Gasteiger partial charge in [0.05, 0.1) is 46.3 Å². The minimum absolute atomic E-state index is 0.331. The lowest BCUT2D eigenvalue weighted by Gasteiger charge is -2.03. The van der Waals surface area contributed by atoms with Gasteiger partial charge in [-0.25, -0.2) is 4.79 Å². The molecule has 38 heavy (non-hydrogen) atoms. The second kappa shape index (κ2) is 13.3. The molecule has 4 aromatic rings. The number of carbonyl (C=O) groups excluding carboxylic acids is 1. The normalized spacial score (nSPS) is 11.5. The molecule has 0 aliphatic rings. The third kappa shape index (κ3) is 7.99. The number of unbranched alkanes of at least 4 members (excludes halogenated alkanes) is 1. The lowest BCUT2D eigenvalue weighted by Crippen LogP contribution is -2.05. The maximum atomic E-state index is 12.0. The zero-order chi connectivity index (χ0) is 26.6. The van der Waals surface area contributed by atoms with Crippen LogP contribution >= 0.6 is 0 Å². The number of rotatable bonds is 10. The molecule has 0 atom stereocenters. The predicted octanol–water partition coefficient (Wildman–Crippen LogP) is 9.47. The van der Waals surface area contributed by atoms with Gasteiger partial charge in [-0.2, -0.15) is 30.7 Å². The molecule has 2 N–H and O–H groups in total. The van der Waals surface area contributed by atoms with E-state index in [2.05, 4.69) is 30.7 Å². The summed E-state index contributed by atoms with van der Waals surface area (Å²) >= 11 is 0. The van der Waals surface area contributed by atoms with Crippen molar-refractivity contribution < 1.29 is 9.53 Å². The topological polar surface area (TPSA) is 126 Å². The second-order valence-electron chi connectivity index (χ2n) is 8.26. The van der Waals surface area contributed by atoms with Gasteiger partial charge in [-0.1, -0.05) is 13.3 Å². The first kappa shape index (κ1) is 26.0. The number of nitrogens with two attached hydrogens (primary N) is 1. The minimum atomic E-state index is -0.331. The summed E-state index contributed by atoms with van der Waals surface area (Å²) in [6, 6.07) is 28.5. The van der Waals surface area contributed by atoms with Crippen molar-refractivity contribution >= 4 is 45.8 Å². The van der Waals surface area contributed by atoms with Crippen molar-refractivity contribution in [3.05, 3.63) is 103 Å². The number of benzene rings is 4. The van der Waals surface area contributed by atoms with E-state index >= 15 is 0 Å². The fourth-order valence-corrected chi connectivity index (χ4v) is 3.12. The van der Waals surface area contributed by atoms with Gasteiger partial charge < -0.3 is 10.5 Å². The Morgan fingerprint density at radius 3 is 1.24 bits per heavy atom. The summed E-state index contributed by atoms with van der Waals surface area (Å²) in [5.74, 6) is -0.331. The van der Waals surface area contributed by atoms with Gasteiger partial charge >= 0.3 is 5.97 Å². The van der Waals surface area contributed by atoms with Gasteiger partial charge in [0.1, 0.15) is 0 Å². The van der Waals surface area contributed by atoms with Crippen molar-refractivity contribution in [2.75, 3.05) is 12.3 Å². The Morgan fingerprint density at radius 1 is 0.579 bits per heavy atom. The van der Waals surface area contributed by atoms with E-state index in [9.17, 15) is 4.79 Å². The van der Waals surface area contributed by atoms with E-state index in [0.29, 0.717) is 46.3 Å². The van der Waals surface area contributed by atoms with Gasteiger partial charge in [0.15, 0.2) is 0 Å². The highest BCUT2D eigenvalue weighted by Crippen LogP contribution is 2.26. The van der Waals surface area contributed by atoms with E-state index in [1.165, 1.54) is 0 Å². The Hall–Kier alpha value is -5.05. The van der Waals surface area contributed by atoms with Crippen LogP contribution in [0.25, 0.3) is 0 Å². The molecule has 0 saturated heterocycles. The van der Waals surface area contributed by atoms with Crippen LogP contribution in [-0.4, -0.2) is 12.6 Å². The number of esters is 1. The highest BCUT2D eigenvalue weighted by molar-refractivity contribution is 5.89. The average molecular weight is 506 g/mol. The van der Waals surface area contributed by atoms with Crippen LogP contribution in [-0.2, 0) is 4.74 Å². The molecule has 9 heteroatoms. The number of nitrogens with zero attached hydrogens (tertiary/aromatic N) is 6. The zero-order valence-corrected chi connectivity index (χ0v) is 20.9. The molecule has 9 nitrogen and oxygen atoms in total. The maximum Gasteiger partial charge on any atom is 0.338 e. The highest BCUT2D eigenvalue weighted by atomic mass is 16.5. The molecule has 190 valence electrons. The molecule has 0 heterocycles. The van der Waals surface area contributed by atoms with Gasteiger partial charge in [-0.15, -0.1) is 0 Å². The predicted molar refractivity (Wildman–Crippen MR) is 148 cm³/mol. The van der Waals surface area contributed by atoms with Crippen molar-refractivity contribution in [2.45, 2.75) is 19.8 Å². The maximum absolute atomic E-state index is 12.0. The van der Waals surface area contributed by atoms with Crippen LogP contribution in [0.15, 0.2) is 128 Å². The summed E-state index contributed by atoms with van der Waals surface area (Å²) in [7, 11) is 0. The first-order valence-electron chi connectivity index (χ1n) is 12.2. The number of hydrogen-bond acceptors (Lipinski definition) is 9. The summed E-state index contributed by atoms with van der Waals surface area (Å²) in [6.07, 6.45) is 1.83. The number of azo groups is 3. The van der Waals surface area contributed by atoms with Crippen LogP contribution in [0, 0.1) is 0 Å². The molecule has 0 fully saturated rings. The molecule has 0 amide bonds. The summed E-state index contributed by atoms with van der Waals surface area (Å²) < 4.78 is 5.21. The zero-order valence-electron chi connectivity index (χ0n) is 20.9. The number of hydrogen-bond donors (Lipinski definition) is 1. The molecule has 4 rings (SSSR count). The van der Waals surface area contributed by atoms with Crippen molar-refractivity contribution in [1.82, 2.24) is 0 Å². The number of ether oxygens (including phenoxy) is 1. The molecule has 0 spiro atoms. The Balaban J connectivity index is 1.29. The summed E-state index contributed by atoms with van der Waals surface area (Å²) in [4.78, 5) is 12.0. The molecular weight excluding hydrogens is 478 g/mol. The van der Waals surface area contributed by atoms with Crippen LogP contribution in [0.5, 0.6) is 0 Å². The van der Waals surface area contributed by atoms with Crippen molar-refractivity contribution in [3.8, 4) is 0 Å². The smallest absolute Gasteiger partial charge is 0.338 e. The number of nitrogen functional groups attached to an aromatic ring is 1. The van der Waals surface area contributed by atoms with E-state index in [4.69, 9.17) is 10.5 Å². The largest absolute Gasteiger partial charge is 0.462 e. The molecule has 0 bridgehead atoms. The monoisotopic (exact) mass is 505 g/mol. The van der Waals surface area contributed by atoms with Gasteiger partial charge in [-0.05, 0) is 103 Å². The minimum Gasteiger partial charge on any atom is -0.462 e. The molecule has 0 radical (unpaired) electrons. The fourth-order valence-electron chi connectivity index (χ4n) is 3.12. The lowest BCUT2D eigenvalue weighted by molar-refractivity contribution is 0.0500. The van der Waals surface area contributed by atoms with Crippen LogP contribution in [0.1, 0.15) is 30.1 Å². The van der Waals surface area contributed by atoms with Gasteiger partial charge in [0, 0.05) is 5.69 Å². The molecule has 4 aromatic carbocycles. The highest BCUT2D eigenvalue weighted by Gasteiger charge is 2.06. The van der Waals surface area contributed by atoms with Crippen LogP contribution in [0.4, 0.5) is 39.8 Å². The Morgan fingerprint density at radius 2 is 0.895 bits per heavy atom. The molecule has 0 aromatic heterocycles. The molecule has 0 aliphatic carbocycles. The third-order valence-electron chi connectivity index (χ3n) is 5.27. The Bertz CT molecular complexity index is 1410. The lowest BCUT2D eigenvalue weighted by atomic mass is 10.2. The van der Waals surface area contributed by atoms with Crippen molar-refractivity contribution in [2.24, 2.45) is 30.7 Å². The fraction of sp³-hybridized carbons (Fsp3) is 0.138. The molecule has 0 aliphatic heterocycles.